The Bertz CT molecular complexity index is 311. The SMILES string of the molecule is NCc1ccc(C2CC(F)(F)C2)cc1. The third-order valence-corrected chi connectivity index (χ3v) is 2.78. The molecule has 1 aromatic carbocycles. The van der Waals surface area contributed by atoms with Crippen LogP contribution in [0.4, 0.5) is 8.78 Å². The van der Waals surface area contributed by atoms with Gasteiger partial charge in [-0.2, -0.15) is 0 Å². The first kappa shape index (κ1) is 9.59. The fraction of sp³-hybridized carbons (Fsp3) is 0.455. The largest absolute Gasteiger partial charge is 0.326 e. The standard InChI is InChI=1S/C11H13F2N/c12-11(13)5-10(6-11)9-3-1-8(7-14)2-4-9/h1-4,10H,5-7,14H2. The summed E-state index contributed by atoms with van der Waals surface area (Å²) in [5.41, 5.74) is 7.49. The lowest BCUT2D eigenvalue weighted by Gasteiger charge is -2.35. The Morgan fingerprint density at radius 2 is 1.79 bits per heavy atom. The average molecular weight is 197 g/mol. The summed E-state index contributed by atoms with van der Waals surface area (Å²) >= 11 is 0. The van der Waals surface area contributed by atoms with Gasteiger partial charge in [-0.3, -0.25) is 0 Å². The molecule has 3 heteroatoms. The van der Waals surface area contributed by atoms with Crippen molar-refractivity contribution < 1.29 is 8.78 Å². The van der Waals surface area contributed by atoms with Crippen molar-refractivity contribution >= 4 is 0 Å². The van der Waals surface area contributed by atoms with Crippen molar-refractivity contribution in [3.8, 4) is 0 Å². The minimum absolute atomic E-state index is 0.00499. The molecule has 14 heavy (non-hydrogen) atoms. The molecule has 0 radical (unpaired) electrons. The quantitative estimate of drug-likeness (QED) is 0.775. The number of nitrogens with two attached hydrogens (primary N) is 1. The van der Waals surface area contributed by atoms with Crippen LogP contribution in [-0.2, 0) is 6.54 Å². The van der Waals surface area contributed by atoms with Crippen LogP contribution in [0.25, 0.3) is 0 Å². The molecule has 0 amide bonds. The Morgan fingerprint density at radius 3 is 2.21 bits per heavy atom. The Kier molecular flexibility index (Phi) is 2.27. The maximum absolute atomic E-state index is 12.6. The molecule has 1 nitrogen and oxygen atoms in total. The van der Waals surface area contributed by atoms with Crippen LogP contribution in [0.5, 0.6) is 0 Å². The van der Waals surface area contributed by atoms with Crippen LogP contribution in [-0.4, -0.2) is 5.92 Å². The summed E-state index contributed by atoms with van der Waals surface area (Å²) in [5, 5.41) is 0. The maximum atomic E-state index is 12.6. The zero-order chi connectivity index (χ0) is 10.2. The number of hydrogen-bond donors (Lipinski definition) is 1. The van der Waals surface area contributed by atoms with Crippen molar-refractivity contribution in [1.29, 1.82) is 0 Å². The minimum atomic E-state index is -2.43. The molecule has 0 spiro atoms. The third kappa shape index (κ3) is 1.77. The molecule has 0 aliphatic heterocycles. The highest BCUT2D eigenvalue weighted by atomic mass is 19.3. The fourth-order valence-electron chi connectivity index (χ4n) is 1.82. The highest BCUT2D eigenvalue weighted by Gasteiger charge is 2.45. The summed E-state index contributed by atoms with van der Waals surface area (Å²) in [6.45, 7) is 0.501. The van der Waals surface area contributed by atoms with Gasteiger partial charge in [0.15, 0.2) is 0 Å². The van der Waals surface area contributed by atoms with Crippen molar-refractivity contribution in [3.63, 3.8) is 0 Å². The number of hydrogen-bond acceptors (Lipinski definition) is 1. The second-order valence-corrected chi connectivity index (χ2v) is 3.91. The van der Waals surface area contributed by atoms with Gasteiger partial charge in [0.25, 0.3) is 0 Å². The van der Waals surface area contributed by atoms with Crippen molar-refractivity contribution in [2.45, 2.75) is 31.2 Å². The Balaban J connectivity index is 2.05. The van der Waals surface area contributed by atoms with Gasteiger partial charge in [0, 0.05) is 19.4 Å². The Morgan fingerprint density at radius 1 is 1.21 bits per heavy atom. The molecule has 1 aliphatic carbocycles. The van der Waals surface area contributed by atoms with E-state index in [9.17, 15) is 8.78 Å². The van der Waals surface area contributed by atoms with Crippen LogP contribution >= 0.6 is 0 Å². The van der Waals surface area contributed by atoms with Gasteiger partial charge in [0.1, 0.15) is 0 Å². The molecule has 0 heterocycles. The van der Waals surface area contributed by atoms with E-state index in [0.717, 1.165) is 11.1 Å². The van der Waals surface area contributed by atoms with E-state index < -0.39 is 5.92 Å². The molecule has 2 N–H and O–H groups in total. The summed E-state index contributed by atoms with van der Waals surface area (Å²) in [5.74, 6) is -2.39. The Labute approximate surface area is 81.9 Å². The van der Waals surface area contributed by atoms with Crippen LogP contribution in [0.3, 0.4) is 0 Å². The molecule has 1 aliphatic rings. The van der Waals surface area contributed by atoms with Gasteiger partial charge in [-0.15, -0.1) is 0 Å². The van der Waals surface area contributed by atoms with E-state index in [1.165, 1.54) is 0 Å². The van der Waals surface area contributed by atoms with Crippen LogP contribution in [0.2, 0.25) is 0 Å². The summed E-state index contributed by atoms with van der Waals surface area (Å²) in [6.07, 6.45) is -0.00998. The van der Waals surface area contributed by atoms with Crippen molar-refractivity contribution in [2.24, 2.45) is 5.73 Å². The van der Waals surface area contributed by atoms with E-state index in [1.54, 1.807) is 0 Å². The van der Waals surface area contributed by atoms with E-state index in [-0.39, 0.29) is 18.8 Å². The maximum Gasteiger partial charge on any atom is 0.249 e. The first-order valence-electron chi connectivity index (χ1n) is 4.77. The zero-order valence-electron chi connectivity index (χ0n) is 7.84. The molecule has 0 aromatic heterocycles. The molecular formula is C11H13F2N. The van der Waals surface area contributed by atoms with Crippen LogP contribution < -0.4 is 5.73 Å². The molecular weight excluding hydrogens is 184 g/mol. The fourth-order valence-corrected chi connectivity index (χ4v) is 1.82. The molecule has 0 saturated heterocycles. The smallest absolute Gasteiger partial charge is 0.249 e. The van der Waals surface area contributed by atoms with Crippen LogP contribution in [0, 0.1) is 0 Å². The third-order valence-electron chi connectivity index (χ3n) is 2.78. The van der Waals surface area contributed by atoms with Gasteiger partial charge in [-0.25, -0.2) is 8.78 Å². The van der Waals surface area contributed by atoms with E-state index in [0.29, 0.717) is 6.54 Å². The lowest BCUT2D eigenvalue weighted by molar-refractivity contribution is -0.0867. The topological polar surface area (TPSA) is 26.0 Å². The molecule has 0 atom stereocenters. The van der Waals surface area contributed by atoms with Gasteiger partial charge in [-0.1, -0.05) is 24.3 Å². The molecule has 76 valence electrons. The van der Waals surface area contributed by atoms with Crippen molar-refractivity contribution in [1.82, 2.24) is 0 Å². The summed E-state index contributed by atoms with van der Waals surface area (Å²) in [4.78, 5) is 0. The average Bonchev–Trinajstić information content (AvgIpc) is 2.14. The first-order chi connectivity index (χ1) is 6.61. The summed E-state index contributed by atoms with van der Waals surface area (Å²) in [7, 11) is 0. The van der Waals surface area contributed by atoms with Gasteiger partial charge in [0.2, 0.25) is 5.92 Å². The predicted octanol–water partition coefficient (Wildman–Crippen LogP) is 2.66. The number of alkyl halides is 2. The van der Waals surface area contributed by atoms with E-state index in [4.69, 9.17) is 5.73 Å². The second kappa shape index (κ2) is 3.31. The monoisotopic (exact) mass is 197 g/mol. The lowest BCUT2D eigenvalue weighted by Crippen LogP contribution is -2.33. The highest BCUT2D eigenvalue weighted by Crippen LogP contribution is 2.48. The minimum Gasteiger partial charge on any atom is -0.326 e. The first-order valence-corrected chi connectivity index (χ1v) is 4.77. The van der Waals surface area contributed by atoms with Crippen molar-refractivity contribution in [2.75, 3.05) is 0 Å². The van der Waals surface area contributed by atoms with Gasteiger partial charge in [-0.05, 0) is 17.0 Å². The second-order valence-electron chi connectivity index (χ2n) is 3.91. The van der Waals surface area contributed by atoms with E-state index in [1.807, 2.05) is 24.3 Å². The normalized spacial score (nSPS) is 20.5. The van der Waals surface area contributed by atoms with Gasteiger partial charge < -0.3 is 5.73 Å². The van der Waals surface area contributed by atoms with Crippen LogP contribution in [0.1, 0.15) is 29.9 Å². The zero-order valence-corrected chi connectivity index (χ0v) is 7.84. The molecule has 2 rings (SSSR count). The van der Waals surface area contributed by atoms with E-state index >= 15 is 0 Å². The molecule has 0 bridgehead atoms. The molecule has 1 aromatic rings. The predicted molar refractivity (Wildman–Crippen MR) is 51.3 cm³/mol. The molecule has 1 fully saturated rings. The summed E-state index contributed by atoms with van der Waals surface area (Å²) in [6, 6.07) is 7.63. The van der Waals surface area contributed by atoms with Crippen LogP contribution in [0.15, 0.2) is 24.3 Å². The molecule has 1 saturated carbocycles. The molecule has 0 unspecified atom stereocenters. The van der Waals surface area contributed by atoms with E-state index in [2.05, 4.69) is 0 Å². The number of benzene rings is 1. The summed E-state index contributed by atoms with van der Waals surface area (Å²) < 4.78 is 25.2. The Hall–Kier alpha value is -0.960. The van der Waals surface area contributed by atoms with Gasteiger partial charge in [0.05, 0.1) is 0 Å². The van der Waals surface area contributed by atoms with Crippen molar-refractivity contribution in [3.05, 3.63) is 35.4 Å². The number of rotatable bonds is 2. The lowest BCUT2D eigenvalue weighted by atomic mass is 9.76. The number of halogens is 2. The highest BCUT2D eigenvalue weighted by molar-refractivity contribution is 5.27. The van der Waals surface area contributed by atoms with Gasteiger partial charge >= 0.3 is 0 Å².